The first-order valence-corrected chi connectivity index (χ1v) is 18.7. The molecular weight excluding hydrogens is 666 g/mol. The fourth-order valence-corrected chi connectivity index (χ4v) is 7.73. The highest BCUT2D eigenvalue weighted by atomic mass is 35.5. The van der Waals surface area contributed by atoms with E-state index in [0.29, 0.717) is 40.3 Å². The van der Waals surface area contributed by atoms with Gasteiger partial charge in [0, 0.05) is 34.3 Å². The van der Waals surface area contributed by atoms with Crippen molar-refractivity contribution in [2.45, 2.75) is 66.2 Å². The predicted octanol–water partition coefficient (Wildman–Crippen LogP) is 11.2. The number of fused-ring (bicyclic) bond motifs is 4. The molecular formula is C42H44ClNO5S. The molecule has 0 bridgehead atoms. The van der Waals surface area contributed by atoms with E-state index in [1.807, 2.05) is 25.1 Å². The Morgan fingerprint density at radius 3 is 2.20 bits per heavy atom. The molecule has 0 amide bonds. The third-order valence-corrected chi connectivity index (χ3v) is 10.1. The second kappa shape index (κ2) is 13.9. The average molecular weight is 710 g/mol. The largest absolute Gasteiger partial charge is 0.467 e. The van der Waals surface area contributed by atoms with Crippen molar-refractivity contribution in [3.63, 3.8) is 0 Å². The number of aromatic nitrogens is 1. The van der Waals surface area contributed by atoms with Crippen LogP contribution in [0.1, 0.15) is 59.6 Å². The molecule has 0 spiro atoms. The Balaban J connectivity index is 1.72. The van der Waals surface area contributed by atoms with Crippen molar-refractivity contribution in [2.75, 3.05) is 13.4 Å². The van der Waals surface area contributed by atoms with Crippen LogP contribution in [0.4, 0.5) is 0 Å². The molecule has 6 aromatic rings. The zero-order valence-corrected chi connectivity index (χ0v) is 31.3. The minimum atomic E-state index is -4.22. The minimum absolute atomic E-state index is 0.0446. The van der Waals surface area contributed by atoms with Gasteiger partial charge in [0.05, 0.1) is 11.1 Å². The van der Waals surface area contributed by atoms with E-state index < -0.39 is 10.1 Å². The second-order valence-corrected chi connectivity index (χ2v) is 17.1. The molecule has 0 saturated heterocycles. The molecule has 260 valence electrons. The number of benzene rings is 5. The molecule has 0 saturated carbocycles. The van der Waals surface area contributed by atoms with E-state index in [1.54, 1.807) is 36.5 Å². The summed E-state index contributed by atoms with van der Waals surface area (Å²) in [5, 5.41) is 5.43. The minimum Gasteiger partial charge on any atom is -0.467 e. The zero-order valence-electron chi connectivity index (χ0n) is 29.8. The van der Waals surface area contributed by atoms with Gasteiger partial charge in [0.25, 0.3) is 0 Å². The summed E-state index contributed by atoms with van der Waals surface area (Å²) in [6, 6.07) is 26.1. The number of ether oxygens (including phenoxy) is 2. The van der Waals surface area contributed by atoms with Crippen LogP contribution in [0.25, 0.3) is 43.6 Å². The third-order valence-electron chi connectivity index (χ3n) is 8.49. The highest BCUT2D eigenvalue weighted by Gasteiger charge is 2.27. The summed E-state index contributed by atoms with van der Waals surface area (Å²) in [6.45, 7) is 15.8. The number of nitrogens with zero attached hydrogens (tertiary/aromatic N) is 1. The summed E-state index contributed by atoms with van der Waals surface area (Å²) in [5.41, 5.74) is 3.53. The average Bonchev–Trinajstić information content (AvgIpc) is 3.04. The lowest BCUT2D eigenvalue weighted by Crippen LogP contribution is -2.14. The number of hydrogen-bond acceptors (Lipinski definition) is 6. The Hall–Kier alpha value is -4.17. The maximum atomic E-state index is 13.8. The molecule has 5 aromatic carbocycles. The van der Waals surface area contributed by atoms with Crippen molar-refractivity contribution in [2.24, 2.45) is 10.8 Å². The fourth-order valence-electron chi connectivity index (χ4n) is 6.55. The molecule has 1 heterocycles. The lowest BCUT2D eigenvalue weighted by molar-refractivity contribution is 0.0221. The smallest absolute Gasteiger partial charge is 0.339 e. The Bertz CT molecular complexity index is 2310. The lowest BCUT2D eigenvalue weighted by Gasteiger charge is -2.25. The van der Waals surface area contributed by atoms with Crippen molar-refractivity contribution >= 4 is 54.0 Å². The Morgan fingerprint density at radius 1 is 0.760 bits per heavy atom. The molecule has 0 atom stereocenters. The van der Waals surface area contributed by atoms with Crippen LogP contribution in [-0.2, 0) is 27.7 Å². The van der Waals surface area contributed by atoms with Crippen LogP contribution < -0.4 is 8.92 Å². The van der Waals surface area contributed by atoms with Gasteiger partial charge in [0.2, 0.25) is 0 Å². The Kier molecular flexibility index (Phi) is 9.88. The topological polar surface area (TPSA) is 74.7 Å². The predicted molar refractivity (Wildman–Crippen MR) is 205 cm³/mol. The van der Waals surface area contributed by atoms with Gasteiger partial charge in [-0.05, 0) is 94.1 Å². The molecule has 0 N–H and O–H groups in total. The van der Waals surface area contributed by atoms with Crippen molar-refractivity contribution in [1.82, 2.24) is 4.98 Å². The van der Waals surface area contributed by atoms with Crippen molar-refractivity contribution < 1.29 is 22.1 Å². The van der Waals surface area contributed by atoms with E-state index in [1.165, 1.54) is 17.7 Å². The van der Waals surface area contributed by atoms with E-state index >= 15 is 0 Å². The fraction of sp³-hybridized carbons (Fsp3) is 0.310. The van der Waals surface area contributed by atoms with Crippen LogP contribution >= 0.6 is 11.6 Å². The molecule has 50 heavy (non-hydrogen) atoms. The van der Waals surface area contributed by atoms with E-state index in [-0.39, 0.29) is 28.3 Å². The van der Waals surface area contributed by atoms with Gasteiger partial charge in [-0.25, -0.2) is 0 Å². The standard InChI is InChI=1S/C42H44ClNO5S/c1-8-47-26-48-40-34(22-28-21-27(24-41(2,3)4)17-18-30(28)35(40)25-42(5,6)7)39-38-32(19-20-44-39)31-15-12-16-36(43)33(31)23-37(38)49-50(45,46)29-13-10-9-11-14-29/h9-23H,8,24-26H2,1-7H3. The van der Waals surface area contributed by atoms with Gasteiger partial charge in [-0.15, -0.1) is 0 Å². The third kappa shape index (κ3) is 7.60. The summed E-state index contributed by atoms with van der Waals surface area (Å²) in [7, 11) is -4.22. The highest BCUT2D eigenvalue weighted by molar-refractivity contribution is 7.87. The quantitative estimate of drug-likeness (QED) is 0.0610. The molecule has 8 heteroatoms. The summed E-state index contributed by atoms with van der Waals surface area (Å²) < 4.78 is 45.9. The first-order chi connectivity index (χ1) is 23.6. The molecule has 0 fully saturated rings. The summed E-state index contributed by atoms with van der Waals surface area (Å²) in [5.74, 6) is 0.773. The first kappa shape index (κ1) is 35.6. The molecule has 0 aliphatic carbocycles. The highest BCUT2D eigenvalue weighted by Crippen LogP contribution is 2.47. The van der Waals surface area contributed by atoms with Gasteiger partial charge in [-0.2, -0.15) is 8.42 Å². The van der Waals surface area contributed by atoms with Crippen LogP contribution in [0.15, 0.2) is 96.0 Å². The first-order valence-electron chi connectivity index (χ1n) is 16.9. The Labute approximate surface area is 300 Å². The van der Waals surface area contributed by atoms with E-state index in [2.05, 4.69) is 65.8 Å². The number of pyridine rings is 1. The number of halogens is 1. The van der Waals surface area contributed by atoms with Crippen LogP contribution in [0, 0.1) is 10.8 Å². The van der Waals surface area contributed by atoms with Gasteiger partial charge < -0.3 is 13.7 Å². The molecule has 0 unspecified atom stereocenters. The number of hydrogen-bond donors (Lipinski definition) is 0. The maximum absolute atomic E-state index is 13.8. The monoisotopic (exact) mass is 709 g/mol. The van der Waals surface area contributed by atoms with Gasteiger partial charge >= 0.3 is 10.1 Å². The molecule has 6 nitrogen and oxygen atoms in total. The molecule has 0 aliphatic rings. The van der Waals surface area contributed by atoms with Gasteiger partial charge in [-0.3, -0.25) is 4.98 Å². The molecule has 0 aliphatic heterocycles. The van der Waals surface area contributed by atoms with E-state index in [9.17, 15) is 8.42 Å². The second-order valence-electron chi connectivity index (χ2n) is 15.2. The van der Waals surface area contributed by atoms with E-state index in [4.69, 9.17) is 30.2 Å². The summed E-state index contributed by atoms with van der Waals surface area (Å²) in [6.07, 6.45) is 3.36. The number of rotatable bonds is 10. The van der Waals surface area contributed by atoms with Crippen molar-refractivity contribution in [3.8, 4) is 22.8 Å². The van der Waals surface area contributed by atoms with Gasteiger partial charge in [0.15, 0.2) is 12.5 Å². The SMILES string of the molecule is CCOCOc1c(-c2nccc3c2c(OS(=O)(=O)c2ccccc2)cc2c(Cl)cccc23)cc2cc(CC(C)(C)C)ccc2c1CC(C)(C)C. The molecule has 1 aromatic heterocycles. The Morgan fingerprint density at radius 2 is 1.50 bits per heavy atom. The summed E-state index contributed by atoms with van der Waals surface area (Å²) in [4.78, 5) is 5.00. The normalized spacial score (nSPS) is 12.6. The van der Waals surface area contributed by atoms with Crippen molar-refractivity contribution in [1.29, 1.82) is 0 Å². The van der Waals surface area contributed by atoms with Crippen LogP contribution in [0.3, 0.4) is 0 Å². The van der Waals surface area contributed by atoms with Gasteiger partial charge in [-0.1, -0.05) is 102 Å². The van der Waals surface area contributed by atoms with E-state index in [0.717, 1.165) is 39.1 Å². The van der Waals surface area contributed by atoms with Gasteiger partial charge in [0.1, 0.15) is 10.6 Å². The molecule has 6 rings (SSSR count). The van der Waals surface area contributed by atoms with Crippen LogP contribution in [0.2, 0.25) is 5.02 Å². The molecule has 0 radical (unpaired) electrons. The van der Waals surface area contributed by atoms with Crippen LogP contribution in [-0.4, -0.2) is 26.8 Å². The van der Waals surface area contributed by atoms with Crippen LogP contribution in [0.5, 0.6) is 11.5 Å². The lowest BCUT2D eigenvalue weighted by atomic mass is 9.82. The van der Waals surface area contributed by atoms with Crippen molar-refractivity contribution in [3.05, 3.63) is 107 Å². The summed E-state index contributed by atoms with van der Waals surface area (Å²) >= 11 is 6.72. The zero-order chi connectivity index (χ0) is 35.8. The maximum Gasteiger partial charge on any atom is 0.339 e.